The monoisotopic (exact) mass is 344 g/mol. The average Bonchev–Trinajstić information content (AvgIpc) is 2.64. The summed E-state index contributed by atoms with van der Waals surface area (Å²) in [5.41, 5.74) is 1.53. The van der Waals surface area contributed by atoms with Gasteiger partial charge in [-0.05, 0) is 24.3 Å². The quantitative estimate of drug-likeness (QED) is 0.679. The van der Waals surface area contributed by atoms with Gasteiger partial charge in [-0.15, -0.1) is 0 Å². The van der Waals surface area contributed by atoms with Crippen molar-refractivity contribution in [1.82, 2.24) is 5.32 Å². The molecule has 2 rings (SSSR count). The Morgan fingerprint density at radius 2 is 1.64 bits per heavy atom. The van der Waals surface area contributed by atoms with Crippen molar-refractivity contribution in [2.24, 2.45) is 0 Å². The predicted octanol–water partition coefficient (Wildman–Crippen LogP) is 2.13. The highest BCUT2D eigenvalue weighted by Gasteiger charge is 2.14. The van der Waals surface area contributed by atoms with Crippen LogP contribution in [-0.2, 0) is 11.3 Å². The lowest BCUT2D eigenvalue weighted by Gasteiger charge is -2.15. The molecule has 0 aliphatic heterocycles. The van der Waals surface area contributed by atoms with Crippen LogP contribution in [0, 0.1) is 0 Å². The molecule has 0 spiro atoms. The van der Waals surface area contributed by atoms with Crippen LogP contribution in [0.25, 0.3) is 0 Å². The number of nitrogens with one attached hydrogen (secondary N) is 2. The fourth-order valence-corrected chi connectivity index (χ4v) is 2.37. The van der Waals surface area contributed by atoms with Crippen LogP contribution in [0.15, 0.2) is 42.5 Å². The van der Waals surface area contributed by atoms with Crippen LogP contribution >= 0.6 is 0 Å². The van der Waals surface area contributed by atoms with Crippen molar-refractivity contribution >= 4 is 17.6 Å². The van der Waals surface area contributed by atoms with Gasteiger partial charge in [0.2, 0.25) is 0 Å². The first-order valence-electron chi connectivity index (χ1n) is 7.59. The number of hydrogen-bond acceptors (Lipinski definition) is 5. The summed E-state index contributed by atoms with van der Waals surface area (Å²) < 4.78 is 10.6. The zero-order valence-electron chi connectivity index (χ0n) is 14.0. The number of aliphatic carboxylic acids is 1. The second-order valence-corrected chi connectivity index (χ2v) is 5.12. The molecule has 3 N–H and O–H groups in total. The van der Waals surface area contributed by atoms with Gasteiger partial charge in [0.15, 0.2) is 0 Å². The zero-order chi connectivity index (χ0) is 18.2. The molecular weight excluding hydrogens is 324 g/mol. The van der Waals surface area contributed by atoms with E-state index in [1.165, 1.54) is 0 Å². The number of amides is 1. The largest absolute Gasteiger partial charge is 0.496 e. The summed E-state index contributed by atoms with van der Waals surface area (Å²) in [6, 6.07) is 12.1. The third-order valence-corrected chi connectivity index (χ3v) is 3.56. The first kappa shape index (κ1) is 18.1. The van der Waals surface area contributed by atoms with Crippen molar-refractivity contribution in [2.45, 2.75) is 6.54 Å². The number of carbonyl (C=O) groups excluding carboxylic acids is 1. The Bertz CT molecular complexity index is 739. The normalized spacial score (nSPS) is 10.0. The van der Waals surface area contributed by atoms with E-state index in [1.54, 1.807) is 56.7 Å². The van der Waals surface area contributed by atoms with E-state index in [0.717, 1.165) is 5.56 Å². The minimum Gasteiger partial charge on any atom is -0.496 e. The molecule has 0 heterocycles. The van der Waals surface area contributed by atoms with Gasteiger partial charge in [-0.25, -0.2) is 0 Å². The standard InChI is InChI=1S/C18H20N2O5/c1-24-15-8-5-9-16(25-2)13(15)10-20-18(23)12-6-3-4-7-14(12)19-11-17(21)22/h3-9,19H,10-11H2,1-2H3,(H,20,23)(H,21,22). The topological polar surface area (TPSA) is 96.9 Å². The number of ether oxygens (including phenoxy) is 2. The number of hydrogen-bond donors (Lipinski definition) is 3. The van der Waals surface area contributed by atoms with E-state index in [4.69, 9.17) is 14.6 Å². The number of carboxylic acid groups (broad SMARTS) is 1. The van der Waals surface area contributed by atoms with Gasteiger partial charge < -0.3 is 25.2 Å². The Hall–Kier alpha value is -3.22. The average molecular weight is 344 g/mol. The van der Waals surface area contributed by atoms with Crippen LogP contribution in [0.3, 0.4) is 0 Å². The van der Waals surface area contributed by atoms with Crippen molar-refractivity contribution in [3.8, 4) is 11.5 Å². The van der Waals surface area contributed by atoms with Crippen molar-refractivity contribution in [3.05, 3.63) is 53.6 Å². The van der Waals surface area contributed by atoms with Crippen LogP contribution in [0.1, 0.15) is 15.9 Å². The van der Waals surface area contributed by atoms with Crippen LogP contribution < -0.4 is 20.1 Å². The van der Waals surface area contributed by atoms with Crippen molar-refractivity contribution in [1.29, 1.82) is 0 Å². The third kappa shape index (κ3) is 4.63. The molecule has 1 amide bonds. The van der Waals surface area contributed by atoms with Crippen molar-refractivity contribution in [3.63, 3.8) is 0 Å². The second-order valence-electron chi connectivity index (χ2n) is 5.12. The number of carboxylic acids is 1. The summed E-state index contributed by atoms with van der Waals surface area (Å²) in [7, 11) is 3.09. The first-order valence-corrected chi connectivity index (χ1v) is 7.59. The third-order valence-electron chi connectivity index (χ3n) is 3.56. The van der Waals surface area contributed by atoms with Gasteiger partial charge in [0, 0.05) is 5.69 Å². The molecule has 0 unspecified atom stereocenters. The van der Waals surface area contributed by atoms with Crippen molar-refractivity contribution in [2.75, 3.05) is 26.1 Å². The van der Waals surface area contributed by atoms with Gasteiger partial charge in [-0.2, -0.15) is 0 Å². The van der Waals surface area contributed by atoms with Crippen LogP contribution in [-0.4, -0.2) is 37.7 Å². The van der Waals surface area contributed by atoms with E-state index < -0.39 is 5.97 Å². The molecule has 7 nitrogen and oxygen atoms in total. The highest BCUT2D eigenvalue weighted by atomic mass is 16.5. The molecule has 0 aliphatic carbocycles. The zero-order valence-corrected chi connectivity index (χ0v) is 14.0. The Morgan fingerprint density at radius 3 is 2.24 bits per heavy atom. The van der Waals surface area contributed by atoms with E-state index in [1.807, 2.05) is 0 Å². The molecule has 0 radical (unpaired) electrons. The van der Waals surface area contributed by atoms with Crippen LogP contribution in [0.5, 0.6) is 11.5 Å². The molecule has 2 aromatic carbocycles. The molecule has 132 valence electrons. The second kappa shape index (κ2) is 8.58. The maximum absolute atomic E-state index is 12.5. The minimum absolute atomic E-state index is 0.208. The molecule has 0 bridgehead atoms. The molecular formula is C18H20N2O5. The SMILES string of the molecule is COc1cccc(OC)c1CNC(=O)c1ccccc1NCC(=O)O. The van der Waals surface area contributed by atoms with Crippen LogP contribution in [0.2, 0.25) is 0 Å². The Morgan fingerprint density at radius 1 is 1.00 bits per heavy atom. The van der Waals surface area contributed by atoms with Crippen LogP contribution in [0.4, 0.5) is 5.69 Å². The Balaban J connectivity index is 2.15. The first-order chi connectivity index (χ1) is 12.1. The van der Waals surface area contributed by atoms with Gasteiger partial charge in [-0.1, -0.05) is 18.2 Å². The predicted molar refractivity (Wildman–Crippen MR) is 93.3 cm³/mol. The maximum Gasteiger partial charge on any atom is 0.322 e. The molecule has 0 aromatic heterocycles. The minimum atomic E-state index is -1.01. The molecule has 0 saturated heterocycles. The molecule has 2 aromatic rings. The Labute approximate surface area is 145 Å². The summed E-state index contributed by atoms with van der Waals surface area (Å²) in [6.45, 7) is -0.0656. The summed E-state index contributed by atoms with van der Waals surface area (Å²) in [4.78, 5) is 23.2. The fraction of sp³-hybridized carbons (Fsp3) is 0.222. The molecule has 0 aliphatic rings. The molecule has 25 heavy (non-hydrogen) atoms. The maximum atomic E-state index is 12.5. The van der Waals surface area contributed by atoms with Gasteiger partial charge in [0.05, 0.1) is 31.9 Å². The lowest BCUT2D eigenvalue weighted by Crippen LogP contribution is -2.25. The number of carbonyl (C=O) groups is 2. The van der Waals surface area contributed by atoms with Gasteiger partial charge in [0.25, 0.3) is 5.91 Å². The van der Waals surface area contributed by atoms with E-state index in [2.05, 4.69) is 10.6 Å². The summed E-state index contributed by atoms with van der Waals surface area (Å²) >= 11 is 0. The van der Waals surface area contributed by atoms with E-state index >= 15 is 0 Å². The molecule has 0 saturated carbocycles. The molecule has 0 fully saturated rings. The summed E-state index contributed by atoms with van der Waals surface area (Å²) in [5, 5.41) is 14.3. The number of methoxy groups -OCH3 is 2. The molecule has 7 heteroatoms. The van der Waals surface area contributed by atoms with E-state index in [0.29, 0.717) is 22.7 Å². The van der Waals surface area contributed by atoms with Crippen molar-refractivity contribution < 1.29 is 24.2 Å². The number of para-hydroxylation sites is 1. The lowest BCUT2D eigenvalue weighted by molar-refractivity contribution is -0.134. The van der Waals surface area contributed by atoms with Gasteiger partial charge in [-0.3, -0.25) is 9.59 Å². The number of benzene rings is 2. The van der Waals surface area contributed by atoms with Gasteiger partial charge >= 0.3 is 5.97 Å². The lowest BCUT2D eigenvalue weighted by atomic mass is 10.1. The summed E-state index contributed by atoms with van der Waals surface area (Å²) in [5.74, 6) is -0.121. The highest BCUT2D eigenvalue weighted by molar-refractivity contribution is 6.00. The smallest absolute Gasteiger partial charge is 0.322 e. The van der Waals surface area contributed by atoms with Gasteiger partial charge in [0.1, 0.15) is 18.0 Å². The highest BCUT2D eigenvalue weighted by Crippen LogP contribution is 2.28. The fourth-order valence-electron chi connectivity index (χ4n) is 2.37. The van der Waals surface area contributed by atoms with E-state index in [-0.39, 0.29) is 19.0 Å². The summed E-state index contributed by atoms with van der Waals surface area (Å²) in [6.07, 6.45) is 0. The van der Waals surface area contributed by atoms with E-state index in [9.17, 15) is 9.59 Å². The number of anilines is 1. The number of rotatable bonds is 8. The molecule has 0 atom stereocenters. The Kier molecular flexibility index (Phi) is 6.22.